The molecule has 29 heavy (non-hydrogen) atoms. The number of aryl methyl sites for hydroxylation is 1. The van der Waals surface area contributed by atoms with E-state index < -0.39 is 12.1 Å². The lowest BCUT2D eigenvalue weighted by Gasteiger charge is -2.03. The highest BCUT2D eigenvalue weighted by atomic mass is 19.4. The summed E-state index contributed by atoms with van der Waals surface area (Å²) in [5, 5.41) is 9.87. The molecule has 0 saturated carbocycles. The Bertz CT molecular complexity index is 1000. The van der Waals surface area contributed by atoms with E-state index in [-0.39, 0.29) is 17.4 Å². The van der Waals surface area contributed by atoms with Gasteiger partial charge in [-0.2, -0.15) is 13.2 Å². The van der Waals surface area contributed by atoms with E-state index in [1.165, 1.54) is 18.3 Å². The minimum absolute atomic E-state index is 0.275. The molecule has 1 aromatic carbocycles. The average Bonchev–Trinajstić information content (AvgIpc) is 3.03. The number of carboxylic acid groups (broad SMARTS) is 1. The van der Waals surface area contributed by atoms with Gasteiger partial charge in [0.25, 0.3) is 5.91 Å². The highest BCUT2D eigenvalue weighted by Crippen LogP contribution is 2.13. The first-order valence-corrected chi connectivity index (χ1v) is 8.07. The standard InChI is InChI=1S/C15H14FN5O.C2HF3O2/c1-9-7-19-13(8-18-9)15(22)17-5-4-14-20-11-3-2-10(16)6-12(11)21-14;3-2(4,5)1(6)7/h2-3,6-8H,4-5H2,1H3,(H,17,22)(H,20,21);(H,6,7). The van der Waals surface area contributed by atoms with Crippen molar-refractivity contribution in [3.63, 3.8) is 0 Å². The van der Waals surface area contributed by atoms with E-state index in [0.29, 0.717) is 29.8 Å². The molecule has 0 saturated heterocycles. The van der Waals surface area contributed by atoms with Gasteiger partial charge >= 0.3 is 12.1 Å². The zero-order chi connectivity index (χ0) is 21.6. The molecule has 0 aliphatic heterocycles. The van der Waals surface area contributed by atoms with E-state index in [4.69, 9.17) is 9.90 Å². The Kier molecular flexibility index (Phi) is 6.80. The van der Waals surface area contributed by atoms with E-state index >= 15 is 0 Å². The number of imidazole rings is 1. The first-order valence-electron chi connectivity index (χ1n) is 8.07. The Balaban J connectivity index is 0.000000370. The van der Waals surface area contributed by atoms with Crippen LogP contribution in [0.2, 0.25) is 0 Å². The SMILES string of the molecule is Cc1cnc(C(=O)NCCc2nc3ccc(F)cc3[nH]2)cn1.O=C(O)C(F)(F)F. The molecule has 0 atom stereocenters. The molecule has 154 valence electrons. The molecule has 2 aromatic heterocycles. The number of aromatic nitrogens is 4. The van der Waals surface area contributed by atoms with Gasteiger partial charge in [0, 0.05) is 19.2 Å². The van der Waals surface area contributed by atoms with Crippen molar-refractivity contribution in [2.24, 2.45) is 0 Å². The van der Waals surface area contributed by atoms with Gasteiger partial charge < -0.3 is 15.4 Å². The molecule has 3 aromatic rings. The zero-order valence-electron chi connectivity index (χ0n) is 14.9. The third-order valence-corrected chi connectivity index (χ3v) is 3.40. The number of hydrogen-bond donors (Lipinski definition) is 3. The first-order chi connectivity index (χ1) is 13.6. The number of amides is 1. The van der Waals surface area contributed by atoms with E-state index in [1.807, 2.05) is 0 Å². The number of carboxylic acids is 1. The summed E-state index contributed by atoms with van der Waals surface area (Å²) in [6.45, 7) is 2.20. The van der Waals surface area contributed by atoms with Crippen LogP contribution in [0.3, 0.4) is 0 Å². The maximum Gasteiger partial charge on any atom is 0.490 e. The highest BCUT2D eigenvalue weighted by molar-refractivity contribution is 5.91. The number of H-pyrrole nitrogens is 1. The van der Waals surface area contributed by atoms with Gasteiger partial charge in [0.2, 0.25) is 0 Å². The third-order valence-electron chi connectivity index (χ3n) is 3.40. The van der Waals surface area contributed by atoms with Gasteiger partial charge in [0.1, 0.15) is 17.3 Å². The number of nitrogens with one attached hydrogen (secondary N) is 2. The lowest BCUT2D eigenvalue weighted by Crippen LogP contribution is -2.26. The first kappa shape index (κ1) is 21.7. The topological polar surface area (TPSA) is 121 Å². The third kappa shape index (κ3) is 6.52. The second-order valence-corrected chi connectivity index (χ2v) is 5.70. The van der Waals surface area contributed by atoms with Crippen molar-refractivity contribution in [3.05, 3.63) is 53.6 Å². The van der Waals surface area contributed by atoms with E-state index in [1.54, 1.807) is 19.2 Å². The van der Waals surface area contributed by atoms with Crippen molar-refractivity contribution in [2.75, 3.05) is 6.54 Å². The molecular formula is C17H15F4N5O3. The van der Waals surface area contributed by atoms with Crippen LogP contribution in [0.5, 0.6) is 0 Å². The Morgan fingerprint density at radius 3 is 2.48 bits per heavy atom. The summed E-state index contributed by atoms with van der Waals surface area (Å²) in [6, 6.07) is 4.38. The molecular weight excluding hydrogens is 398 g/mol. The predicted octanol–water partition coefficient (Wildman–Crippen LogP) is 2.41. The smallest absolute Gasteiger partial charge is 0.475 e. The molecule has 2 heterocycles. The van der Waals surface area contributed by atoms with Gasteiger partial charge in [0.05, 0.1) is 22.9 Å². The number of hydrogen-bond acceptors (Lipinski definition) is 5. The number of carbonyl (C=O) groups excluding carboxylic acids is 1. The summed E-state index contributed by atoms with van der Waals surface area (Å²) in [4.78, 5) is 36.2. The number of aliphatic carboxylic acids is 1. The molecule has 0 radical (unpaired) electrons. The number of alkyl halides is 3. The summed E-state index contributed by atoms with van der Waals surface area (Å²) < 4.78 is 44.8. The number of rotatable bonds is 4. The maximum atomic E-state index is 13.1. The van der Waals surface area contributed by atoms with Crippen LogP contribution >= 0.6 is 0 Å². The summed E-state index contributed by atoms with van der Waals surface area (Å²) in [5.41, 5.74) is 2.38. The summed E-state index contributed by atoms with van der Waals surface area (Å²) in [6.07, 6.45) is -1.58. The van der Waals surface area contributed by atoms with Crippen LogP contribution < -0.4 is 5.32 Å². The number of aromatic amines is 1. The van der Waals surface area contributed by atoms with Gasteiger partial charge in [-0.05, 0) is 25.1 Å². The maximum absolute atomic E-state index is 13.1. The van der Waals surface area contributed by atoms with Crippen molar-refractivity contribution in [3.8, 4) is 0 Å². The molecule has 0 fully saturated rings. The van der Waals surface area contributed by atoms with Crippen molar-refractivity contribution < 1.29 is 32.3 Å². The second-order valence-electron chi connectivity index (χ2n) is 5.70. The van der Waals surface area contributed by atoms with Gasteiger partial charge in [-0.25, -0.2) is 19.2 Å². The molecule has 1 amide bonds. The summed E-state index contributed by atoms with van der Waals surface area (Å²) >= 11 is 0. The lowest BCUT2D eigenvalue weighted by molar-refractivity contribution is -0.192. The molecule has 0 aliphatic rings. The highest BCUT2D eigenvalue weighted by Gasteiger charge is 2.38. The van der Waals surface area contributed by atoms with Crippen LogP contribution in [0.1, 0.15) is 22.0 Å². The normalized spacial score (nSPS) is 10.9. The van der Waals surface area contributed by atoms with Gasteiger partial charge in [0.15, 0.2) is 0 Å². The van der Waals surface area contributed by atoms with E-state index in [2.05, 4.69) is 25.3 Å². The predicted molar refractivity (Wildman–Crippen MR) is 92.5 cm³/mol. The molecule has 3 N–H and O–H groups in total. The van der Waals surface area contributed by atoms with Crippen molar-refractivity contribution >= 4 is 22.9 Å². The monoisotopic (exact) mass is 413 g/mol. The molecule has 12 heteroatoms. The summed E-state index contributed by atoms with van der Waals surface area (Å²) in [5.74, 6) is -2.66. The van der Waals surface area contributed by atoms with Crippen LogP contribution in [0, 0.1) is 12.7 Å². The van der Waals surface area contributed by atoms with Crippen LogP contribution in [-0.2, 0) is 11.2 Å². The van der Waals surface area contributed by atoms with Crippen LogP contribution in [0.15, 0.2) is 30.6 Å². The van der Waals surface area contributed by atoms with Crippen LogP contribution in [0.25, 0.3) is 11.0 Å². The fraction of sp³-hybridized carbons (Fsp3) is 0.235. The largest absolute Gasteiger partial charge is 0.490 e. The molecule has 8 nitrogen and oxygen atoms in total. The minimum atomic E-state index is -5.08. The second kappa shape index (κ2) is 9.08. The average molecular weight is 413 g/mol. The van der Waals surface area contributed by atoms with E-state index in [0.717, 1.165) is 5.69 Å². The zero-order valence-corrected chi connectivity index (χ0v) is 14.9. The van der Waals surface area contributed by atoms with Crippen molar-refractivity contribution in [1.29, 1.82) is 0 Å². The number of halogens is 4. The fourth-order valence-electron chi connectivity index (χ4n) is 2.05. The van der Waals surface area contributed by atoms with Gasteiger partial charge in [-0.1, -0.05) is 0 Å². The Morgan fingerprint density at radius 1 is 1.21 bits per heavy atom. The quantitative estimate of drug-likeness (QED) is 0.565. The van der Waals surface area contributed by atoms with Crippen LogP contribution in [-0.4, -0.2) is 49.6 Å². The van der Waals surface area contributed by atoms with E-state index in [9.17, 15) is 22.4 Å². The molecule has 0 unspecified atom stereocenters. The fourth-order valence-corrected chi connectivity index (χ4v) is 2.05. The molecule has 3 rings (SSSR count). The number of carbonyl (C=O) groups is 2. The Labute approximate surface area is 161 Å². The Morgan fingerprint density at radius 2 is 1.90 bits per heavy atom. The van der Waals surface area contributed by atoms with Crippen molar-refractivity contribution in [2.45, 2.75) is 19.5 Å². The minimum Gasteiger partial charge on any atom is -0.475 e. The number of fused-ring (bicyclic) bond motifs is 1. The molecule has 0 aliphatic carbocycles. The van der Waals surface area contributed by atoms with Gasteiger partial charge in [-0.3, -0.25) is 9.78 Å². The number of nitrogens with zero attached hydrogens (tertiary/aromatic N) is 3. The lowest BCUT2D eigenvalue weighted by atomic mass is 10.3. The van der Waals surface area contributed by atoms with Crippen LogP contribution in [0.4, 0.5) is 17.6 Å². The number of benzene rings is 1. The van der Waals surface area contributed by atoms with Gasteiger partial charge in [-0.15, -0.1) is 0 Å². The molecule has 0 bridgehead atoms. The molecule has 0 spiro atoms. The Hall–Kier alpha value is -3.57. The van der Waals surface area contributed by atoms with Crippen molar-refractivity contribution in [1.82, 2.24) is 25.3 Å². The summed E-state index contributed by atoms with van der Waals surface area (Å²) in [7, 11) is 0.